The molecule has 0 spiro atoms. The first-order valence-corrected chi connectivity index (χ1v) is 9.02. The fourth-order valence-corrected chi connectivity index (χ4v) is 2.20. The minimum Gasteiger partial charge on any atom is -0.465 e. The highest BCUT2D eigenvalue weighted by Gasteiger charge is 2.16. The largest absolute Gasteiger partial charge is 0.465 e. The lowest BCUT2D eigenvalue weighted by Gasteiger charge is -2.20. The molecular weight excluding hydrogens is 358 g/mol. The molecule has 0 atom stereocenters. The van der Waals surface area contributed by atoms with Crippen LogP contribution in [0, 0.1) is 0 Å². The molecule has 9 heteroatoms. The molecule has 8 nitrogen and oxygen atoms in total. The van der Waals surface area contributed by atoms with Crippen LogP contribution in [-0.4, -0.2) is 49.8 Å². The minimum absolute atomic E-state index is 0.0595. The van der Waals surface area contributed by atoms with Gasteiger partial charge in [0.15, 0.2) is 0 Å². The summed E-state index contributed by atoms with van der Waals surface area (Å²) in [6, 6.07) is 0. The molecule has 0 aliphatic carbocycles. The van der Waals surface area contributed by atoms with Crippen LogP contribution in [0.1, 0.15) is 34.1 Å². The number of carbonyl (C=O) groups excluding carboxylic acids is 3. The van der Waals surface area contributed by atoms with E-state index in [1.165, 1.54) is 0 Å². The first-order chi connectivity index (χ1) is 12.0. The number of ether oxygens (including phenoxy) is 2. The zero-order chi connectivity index (χ0) is 20.2. The molecule has 0 aromatic heterocycles. The number of amides is 2. The topological polar surface area (TPSA) is 106 Å². The zero-order valence-electron chi connectivity index (χ0n) is 15.9. The van der Waals surface area contributed by atoms with Crippen molar-refractivity contribution in [2.75, 3.05) is 26.2 Å². The van der Waals surface area contributed by atoms with E-state index in [0.29, 0.717) is 23.1 Å². The highest BCUT2D eigenvalue weighted by molar-refractivity contribution is 8.06. The second-order valence-electron chi connectivity index (χ2n) is 6.20. The van der Waals surface area contributed by atoms with Crippen LogP contribution in [0.5, 0.6) is 0 Å². The molecule has 0 aromatic carbocycles. The molecule has 3 N–H and O–H groups in total. The molecule has 0 rings (SSSR count). The predicted molar refractivity (Wildman–Crippen MR) is 102 cm³/mol. The summed E-state index contributed by atoms with van der Waals surface area (Å²) in [6.07, 6.45) is -0.358. The fraction of sp³-hybridized carbons (Fsp3) is 0.588. The number of hydrogen-bond donors (Lipinski definition) is 3. The van der Waals surface area contributed by atoms with E-state index in [2.05, 4.69) is 29.1 Å². The van der Waals surface area contributed by atoms with E-state index in [1.54, 1.807) is 27.7 Å². The molecule has 0 saturated heterocycles. The molecule has 0 aromatic rings. The van der Waals surface area contributed by atoms with Gasteiger partial charge < -0.3 is 25.4 Å². The Morgan fingerprint density at radius 3 is 2.35 bits per heavy atom. The Kier molecular flexibility index (Phi) is 11.4. The average Bonchev–Trinajstić information content (AvgIpc) is 2.48. The van der Waals surface area contributed by atoms with Crippen molar-refractivity contribution in [3.05, 3.63) is 23.1 Å². The Hall–Kier alpha value is -2.00. The van der Waals surface area contributed by atoms with Crippen LogP contribution in [0.15, 0.2) is 23.1 Å². The lowest BCUT2D eigenvalue weighted by molar-refractivity contribution is -0.142. The van der Waals surface area contributed by atoms with Crippen molar-refractivity contribution in [3.8, 4) is 0 Å². The molecule has 0 heterocycles. The SMILES string of the molecule is C=C(CNC(=O)OC(C)(C)C)SC(=C)NC(=O)CCNCC(=O)OCC. The quantitative estimate of drug-likeness (QED) is 0.367. The van der Waals surface area contributed by atoms with Crippen molar-refractivity contribution in [3.63, 3.8) is 0 Å². The van der Waals surface area contributed by atoms with Crippen molar-refractivity contribution in [2.24, 2.45) is 0 Å². The molecule has 26 heavy (non-hydrogen) atoms. The van der Waals surface area contributed by atoms with Gasteiger partial charge in [0.1, 0.15) is 5.60 Å². The van der Waals surface area contributed by atoms with Gasteiger partial charge in [-0.2, -0.15) is 0 Å². The van der Waals surface area contributed by atoms with Gasteiger partial charge in [0.2, 0.25) is 5.91 Å². The predicted octanol–water partition coefficient (Wildman–Crippen LogP) is 1.89. The maximum atomic E-state index is 11.8. The Balaban J connectivity index is 3.92. The Labute approximate surface area is 159 Å². The van der Waals surface area contributed by atoms with E-state index >= 15 is 0 Å². The maximum Gasteiger partial charge on any atom is 0.407 e. The van der Waals surface area contributed by atoms with Crippen molar-refractivity contribution >= 4 is 29.7 Å². The molecule has 0 saturated carbocycles. The maximum absolute atomic E-state index is 11.8. The first-order valence-electron chi connectivity index (χ1n) is 8.21. The lowest BCUT2D eigenvalue weighted by atomic mass is 10.2. The highest BCUT2D eigenvalue weighted by atomic mass is 32.2. The molecule has 0 radical (unpaired) electrons. The number of thioether (sulfide) groups is 1. The van der Waals surface area contributed by atoms with E-state index in [-0.39, 0.29) is 31.4 Å². The molecule has 0 fully saturated rings. The van der Waals surface area contributed by atoms with Crippen LogP contribution in [0.2, 0.25) is 0 Å². The minimum atomic E-state index is -0.572. The van der Waals surface area contributed by atoms with Gasteiger partial charge in [0.05, 0.1) is 24.7 Å². The Bertz CT molecular complexity index is 529. The summed E-state index contributed by atoms with van der Waals surface area (Å²) in [4.78, 5) is 35.0. The molecule has 0 bridgehead atoms. The van der Waals surface area contributed by atoms with Gasteiger partial charge in [0, 0.05) is 17.9 Å². The van der Waals surface area contributed by atoms with Crippen LogP contribution in [0.25, 0.3) is 0 Å². The third-order valence-corrected chi connectivity index (χ3v) is 3.26. The van der Waals surface area contributed by atoms with Crippen molar-refractivity contribution < 1.29 is 23.9 Å². The van der Waals surface area contributed by atoms with E-state index in [1.807, 2.05) is 0 Å². The molecular formula is C17H29N3O5S. The molecule has 2 amide bonds. The van der Waals surface area contributed by atoms with Crippen molar-refractivity contribution in [1.82, 2.24) is 16.0 Å². The average molecular weight is 388 g/mol. The standard InChI is InChI=1S/C17H29N3O5S/c1-7-24-15(22)11-18-9-8-14(21)20-13(3)26-12(2)10-19-16(23)25-17(4,5)6/h18H,2-3,7-11H2,1,4-6H3,(H,19,23)(H,20,21). The number of hydrogen-bond acceptors (Lipinski definition) is 7. The highest BCUT2D eigenvalue weighted by Crippen LogP contribution is 2.19. The van der Waals surface area contributed by atoms with Crippen molar-refractivity contribution in [1.29, 1.82) is 0 Å². The van der Waals surface area contributed by atoms with Crippen molar-refractivity contribution in [2.45, 2.75) is 39.7 Å². The molecule has 148 valence electrons. The van der Waals surface area contributed by atoms with Gasteiger partial charge >= 0.3 is 12.1 Å². The van der Waals surface area contributed by atoms with Gasteiger partial charge in [-0.25, -0.2) is 4.79 Å². The summed E-state index contributed by atoms with van der Waals surface area (Å²) in [5.74, 6) is -0.603. The summed E-state index contributed by atoms with van der Waals surface area (Å²) in [7, 11) is 0. The van der Waals surface area contributed by atoms with Gasteiger partial charge in [-0.3, -0.25) is 9.59 Å². The summed E-state index contributed by atoms with van der Waals surface area (Å²) < 4.78 is 9.87. The van der Waals surface area contributed by atoms with Gasteiger partial charge in [-0.1, -0.05) is 24.9 Å². The fourth-order valence-electron chi connectivity index (χ4n) is 1.54. The summed E-state index contributed by atoms with van der Waals surface area (Å²) in [5, 5.41) is 8.40. The smallest absolute Gasteiger partial charge is 0.407 e. The first kappa shape index (κ1) is 24.0. The van der Waals surface area contributed by atoms with Crippen LogP contribution < -0.4 is 16.0 Å². The molecule has 0 unspecified atom stereocenters. The van der Waals surface area contributed by atoms with Gasteiger partial charge in [-0.15, -0.1) is 0 Å². The number of alkyl carbamates (subject to hydrolysis) is 1. The molecule has 0 aliphatic rings. The lowest BCUT2D eigenvalue weighted by Crippen LogP contribution is -2.33. The Morgan fingerprint density at radius 1 is 1.12 bits per heavy atom. The van der Waals surface area contributed by atoms with E-state index < -0.39 is 11.7 Å². The number of esters is 1. The van der Waals surface area contributed by atoms with Crippen LogP contribution in [0.4, 0.5) is 4.79 Å². The third-order valence-electron chi connectivity index (χ3n) is 2.48. The summed E-state index contributed by atoms with van der Waals surface area (Å²) in [5.41, 5.74) is -0.572. The normalized spacial score (nSPS) is 10.6. The van der Waals surface area contributed by atoms with E-state index in [4.69, 9.17) is 9.47 Å². The Morgan fingerprint density at radius 2 is 1.77 bits per heavy atom. The third kappa shape index (κ3) is 14.4. The van der Waals surface area contributed by atoms with Crippen LogP contribution >= 0.6 is 11.8 Å². The van der Waals surface area contributed by atoms with Crippen LogP contribution in [-0.2, 0) is 19.1 Å². The van der Waals surface area contributed by atoms with E-state index in [0.717, 1.165) is 11.8 Å². The number of rotatable bonds is 11. The monoisotopic (exact) mass is 387 g/mol. The summed E-state index contributed by atoms with van der Waals surface area (Å²) in [6.45, 7) is 15.5. The second kappa shape index (κ2) is 12.4. The van der Waals surface area contributed by atoms with Crippen LogP contribution in [0.3, 0.4) is 0 Å². The van der Waals surface area contributed by atoms with E-state index in [9.17, 15) is 14.4 Å². The number of nitrogens with one attached hydrogen (secondary N) is 3. The number of carbonyl (C=O) groups is 3. The van der Waals surface area contributed by atoms with Gasteiger partial charge in [-0.05, 0) is 27.7 Å². The molecule has 0 aliphatic heterocycles. The second-order valence-corrected chi connectivity index (χ2v) is 7.47. The summed E-state index contributed by atoms with van der Waals surface area (Å²) >= 11 is 1.15. The van der Waals surface area contributed by atoms with Gasteiger partial charge in [0.25, 0.3) is 0 Å². The zero-order valence-corrected chi connectivity index (χ0v) is 16.7.